The summed E-state index contributed by atoms with van der Waals surface area (Å²) in [6.45, 7) is 12.7. The average Bonchev–Trinajstić information content (AvgIpc) is 2.74. The molecule has 1 amide bonds. The Hall–Kier alpha value is -1.48. The smallest absolute Gasteiger partial charge is 0.243 e. The zero-order valence-corrected chi connectivity index (χ0v) is 19.4. The summed E-state index contributed by atoms with van der Waals surface area (Å²) in [5, 5.41) is 3.10. The number of hydrogen-bond acceptors (Lipinski definition) is 5. The van der Waals surface area contributed by atoms with Gasteiger partial charge in [0.15, 0.2) is 0 Å². The van der Waals surface area contributed by atoms with Crippen LogP contribution in [0.2, 0.25) is 0 Å². The third kappa shape index (κ3) is 5.22. The van der Waals surface area contributed by atoms with Crippen LogP contribution in [-0.4, -0.2) is 75.0 Å². The van der Waals surface area contributed by atoms with Gasteiger partial charge in [-0.25, -0.2) is 8.42 Å². The molecule has 2 aliphatic rings. The molecule has 30 heavy (non-hydrogen) atoms. The van der Waals surface area contributed by atoms with Crippen LogP contribution >= 0.6 is 0 Å². The highest BCUT2D eigenvalue weighted by atomic mass is 32.2. The Labute approximate surface area is 180 Å². The Bertz CT molecular complexity index is 855. The molecule has 0 unspecified atom stereocenters. The van der Waals surface area contributed by atoms with Gasteiger partial charge >= 0.3 is 0 Å². The van der Waals surface area contributed by atoms with Gasteiger partial charge in [-0.05, 0) is 63.8 Å². The molecule has 0 aliphatic carbocycles. The third-order valence-electron chi connectivity index (χ3n) is 6.50. The Balaban J connectivity index is 1.53. The largest absolute Gasteiger partial charge is 0.379 e. The molecule has 1 aromatic carbocycles. The maximum absolute atomic E-state index is 13.0. The number of piperidine rings is 1. The fourth-order valence-corrected chi connectivity index (χ4v) is 5.67. The van der Waals surface area contributed by atoms with Gasteiger partial charge in [0.05, 0.1) is 18.1 Å². The number of sulfonamides is 1. The first-order valence-electron chi connectivity index (χ1n) is 10.8. The van der Waals surface area contributed by atoms with E-state index in [4.69, 9.17) is 4.74 Å². The van der Waals surface area contributed by atoms with Gasteiger partial charge in [-0.1, -0.05) is 6.07 Å². The first-order valence-corrected chi connectivity index (χ1v) is 12.2. The number of hydrogen-bond donors (Lipinski definition) is 1. The van der Waals surface area contributed by atoms with Crippen molar-refractivity contribution >= 4 is 15.9 Å². The molecule has 1 N–H and O–H groups in total. The number of carbonyl (C=O) groups excluding carboxylic acids is 1. The Morgan fingerprint density at radius 1 is 1.10 bits per heavy atom. The maximum atomic E-state index is 13.0. The van der Waals surface area contributed by atoms with Crippen molar-refractivity contribution in [1.82, 2.24) is 14.5 Å². The summed E-state index contributed by atoms with van der Waals surface area (Å²) < 4.78 is 32.9. The highest BCUT2D eigenvalue weighted by Gasteiger charge is 2.34. The molecule has 0 atom stereocenters. The lowest BCUT2D eigenvalue weighted by Gasteiger charge is -2.41. The van der Waals surface area contributed by atoms with Gasteiger partial charge in [-0.2, -0.15) is 4.31 Å². The van der Waals surface area contributed by atoms with Gasteiger partial charge in [-0.3, -0.25) is 9.69 Å². The van der Waals surface area contributed by atoms with Crippen LogP contribution < -0.4 is 5.32 Å². The molecular weight excluding hydrogens is 402 g/mol. The lowest BCUT2D eigenvalue weighted by atomic mass is 9.96. The highest BCUT2D eigenvalue weighted by Crippen LogP contribution is 2.25. The number of rotatable bonds is 6. The van der Waals surface area contributed by atoms with Gasteiger partial charge < -0.3 is 10.1 Å². The normalized spacial score (nSPS) is 20.3. The predicted molar refractivity (Wildman–Crippen MR) is 117 cm³/mol. The van der Waals surface area contributed by atoms with E-state index in [0.29, 0.717) is 37.4 Å². The quantitative estimate of drug-likeness (QED) is 0.736. The SMILES string of the molecule is Cc1ccc(S(=O)(=O)N2CCC(C(=O)NCC(C)(C)N3CCOCC3)CC2)cc1C. The molecule has 8 heteroatoms. The molecule has 0 spiro atoms. The molecule has 0 radical (unpaired) electrons. The van der Waals surface area contributed by atoms with E-state index in [1.165, 1.54) is 4.31 Å². The van der Waals surface area contributed by atoms with Crippen molar-refractivity contribution < 1.29 is 17.9 Å². The van der Waals surface area contributed by atoms with E-state index in [1.807, 2.05) is 19.9 Å². The van der Waals surface area contributed by atoms with Crippen LogP contribution in [0.1, 0.15) is 37.8 Å². The van der Waals surface area contributed by atoms with Crippen molar-refractivity contribution in [3.05, 3.63) is 29.3 Å². The summed E-state index contributed by atoms with van der Waals surface area (Å²) in [7, 11) is -3.52. The number of amides is 1. The van der Waals surface area contributed by atoms with E-state index in [1.54, 1.807) is 12.1 Å². The molecular formula is C22H35N3O4S. The van der Waals surface area contributed by atoms with Gasteiger partial charge in [0.1, 0.15) is 0 Å². The molecule has 7 nitrogen and oxygen atoms in total. The van der Waals surface area contributed by atoms with E-state index in [-0.39, 0.29) is 17.4 Å². The molecule has 2 saturated heterocycles. The maximum Gasteiger partial charge on any atom is 0.243 e. The molecule has 2 aliphatic heterocycles. The molecule has 2 fully saturated rings. The van der Waals surface area contributed by atoms with Crippen LogP contribution in [0.25, 0.3) is 0 Å². The molecule has 0 aromatic heterocycles. The molecule has 3 rings (SSSR count). The number of morpholine rings is 1. The molecule has 1 aromatic rings. The van der Waals surface area contributed by atoms with E-state index in [0.717, 1.165) is 37.4 Å². The van der Waals surface area contributed by atoms with Crippen molar-refractivity contribution in [2.75, 3.05) is 45.9 Å². The fraction of sp³-hybridized carbons (Fsp3) is 0.682. The molecule has 0 saturated carbocycles. The fourth-order valence-electron chi connectivity index (χ4n) is 4.11. The minimum atomic E-state index is -3.52. The van der Waals surface area contributed by atoms with E-state index < -0.39 is 10.0 Å². The monoisotopic (exact) mass is 437 g/mol. The van der Waals surface area contributed by atoms with Crippen molar-refractivity contribution in [3.63, 3.8) is 0 Å². The second-order valence-corrected chi connectivity index (χ2v) is 11.0. The second-order valence-electron chi connectivity index (χ2n) is 9.05. The van der Waals surface area contributed by atoms with Crippen molar-refractivity contribution in [1.29, 1.82) is 0 Å². The van der Waals surface area contributed by atoms with Crippen molar-refractivity contribution in [3.8, 4) is 0 Å². The van der Waals surface area contributed by atoms with Gasteiger partial charge in [-0.15, -0.1) is 0 Å². The summed E-state index contributed by atoms with van der Waals surface area (Å²) in [4.78, 5) is 15.4. The lowest BCUT2D eigenvalue weighted by molar-refractivity contribution is -0.126. The van der Waals surface area contributed by atoms with Crippen molar-refractivity contribution in [2.45, 2.75) is 51.0 Å². The van der Waals surface area contributed by atoms with E-state index in [9.17, 15) is 13.2 Å². The minimum Gasteiger partial charge on any atom is -0.379 e. The Kier molecular flexibility index (Phi) is 7.22. The van der Waals surface area contributed by atoms with Crippen LogP contribution in [-0.2, 0) is 19.6 Å². The minimum absolute atomic E-state index is 0.0274. The van der Waals surface area contributed by atoms with E-state index in [2.05, 4.69) is 24.1 Å². The topological polar surface area (TPSA) is 79.0 Å². The number of benzene rings is 1. The Morgan fingerprint density at radius 3 is 2.33 bits per heavy atom. The highest BCUT2D eigenvalue weighted by molar-refractivity contribution is 7.89. The van der Waals surface area contributed by atoms with Crippen LogP contribution in [0, 0.1) is 19.8 Å². The number of nitrogens with one attached hydrogen (secondary N) is 1. The summed E-state index contributed by atoms with van der Waals surface area (Å²) >= 11 is 0. The van der Waals surface area contributed by atoms with Crippen molar-refractivity contribution in [2.24, 2.45) is 5.92 Å². The van der Waals surface area contributed by atoms with Crippen LogP contribution in [0.15, 0.2) is 23.1 Å². The average molecular weight is 438 g/mol. The number of aryl methyl sites for hydroxylation is 2. The summed E-state index contributed by atoms with van der Waals surface area (Å²) in [5.74, 6) is -0.115. The standard InChI is InChI=1S/C22H35N3O4S/c1-17-5-6-20(15-18(17)2)30(27,28)25-9-7-19(8-10-25)21(26)23-16-22(3,4)24-11-13-29-14-12-24/h5-6,15,19H,7-14,16H2,1-4H3,(H,23,26). The van der Waals surface area contributed by atoms with Gasteiger partial charge in [0.2, 0.25) is 15.9 Å². The number of carbonyl (C=O) groups is 1. The zero-order chi connectivity index (χ0) is 21.9. The van der Waals surface area contributed by atoms with Crippen LogP contribution in [0.5, 0.6) is 0 Å². The predicted octanol–water partition coefficient (Wildman–Crippen LogP) is 1.93. The third-order valence-corrected chi connectivity index (χ3v) is 8.40. The van der Waals surface area contributed by atoms with Crippen LogP contribution in [0.4, 0.5) is 0 Å². The number of nitrogens with zero attached hydrogens (tertiary/aromatic N) is 2. The first-order chi connectivity index (χ1) is 14.1. The lowest BCUT2D eigenvalue weighted by Crippen LogP contribution is -2.56. The van der Waals surface area contributed by atoms with E-state index >= 15 is 0 Å². The first kappa shape index (κ1) is 23.2. The second kappa shape index (κ2) is 9.34. The Morgan fingerprint density at radius 2 is 1.73 bits per heavy atom. The van der Waals surface area contributed by atoms with Gasteiger partial charge in [0.25, 0.3) is 0 Å². The van der Waals surface area contributed by atoms with Crippen LogP contribution in [0.3, 0.4) is 0 Å². The summed E-state index contributed by atoms with van der Waals surface area (Å²) in [5.41, 5.74) is 1.91. The number of ether oxygens (including phenoxy) is 1. The molecule has 168 valence electrons. The molecule has 0 bridgehead atoms. The summed E-state index contributed by atoms with van der Waals surface area (Å²) in [6.07, 6.45) is 1.10. The summed E-state index contributed by atoms with van der Waals surface area (Å²) in [6, 6.07) is 5.25. The zero-order valence-electron chi connectivity index (χ0n) is 18.6. The van der Waals surface area contributed by atoms with Gasteiger partial charge in [0, 0.05) is 44.2 Å². The molecule has 2 heterocycles.